The van der Waals surface area contributed by atoms with E-state index in [1.165, 1.54) is 0 Å². The SMILES string of the molecule is CC.CC1(C)OB(c2ccc(-c3cccc(-c4cccc(-c5nc(-c6ccccc6)nc(-c6ccccc6)n5)c4)c3)cc2)OC1(C)C. The minimum atomic E-state index is -0.377. The maximum atomic E-state index is 6.25. The van der Waals surface area contributed by atoms with Gasteiger partial charge in [-0.1, -0.05) is 135 Å². The quantitative estimate of drug-likeness (QED) is 0.174. The molecule has 1 saturated heterocycles. The predicted octanol–water partition coefficient (Wildman–Crippen LogP) is 9.53. The van der Waals surface area contributed by atoms with Crippen LogP contribution in [-0.4, -0.2) is 33.3 Å². The number of rotatable bonds is 6. The van der Waals surface area contributed by atoms with Crippen LogP contribution in [0.5, 0.6) is 0 Å². The lowest BCUT2D eigenvalue weighted by Gasteiger charge is -2.32. The second-order valence-electron chi connectivity index (χ2n) is 12.4. The van der Waals surface area contributed by atoms with Crippen LogP contribution in [0.4, 0.5) is 0 Å². The van der Waals surface area contributed by atoms with Crippen LogP contribution >= 0.6 is 0 Å². The molecule has 1 aromatic heterocycles. The van der Waals surface area contributed by atoms with Gasteiger partial charge in [0.2, 0.25) is 0 Å². The van der Waals surface area contributed by atoms with Crippen molar-refractivity contribution in [1.82, 2.24) is 15.0 Å². The molecule has 7 rings (SSSR count). The Labute approximate surface area is 278 Å². The van der Waals surface area contributed by atoms with Crippen LogP contribution in [0.15, 0.2) is 133 Å². The largest absolute Gasteiger partial charge is 0.494 e. The summed E-state index contributed by atoms with van der Waals surface area (Å²) in [7, 11) is -0.377. The van der Waals surface area contributed by atoms with Gasteiger partial charge in [-0.25, -0.2) is 15.0 Å². The Morgan fingerprint density at radius 3 is 1.23 bits per heavy atom. The third kappa shape index (κ3) is 6.80. The third-order valence-electron chi connectivity index (χ3n) is 8.79. The Morgan fingerprint density at radius 2 is 0.766 bits per heavy atom. The number of hydrogen-bond donors (Lipinski definition) is 0. The fraction of sp³-hybridized carbons (Fsp3) is 0.195. The molecule has 6 heteroatoms. The highest BCUT2D eigenvalue weighted by atomic mass is 16.7. The highest BCUT2D eigenvalue weighted by molar-refractivity contribution is 6.62. The van der Waals surface area contributed by atoms with Gasteiger partial charge in [0.05, 0.1) is 11.2 Å². The lowest BCUT2D eigenvalue weighted by Crippen LogP contribution is -2.41. The van der Waals surface area contributed by atoms with Crippen molar-refractivity contribution in [3.63, 3.8) is 0 Å². The second-order valence-corrected chi connectivity index (χ2v) is 12.4. The van der Waals surface area contributed by atoms with E-state index in [0.717, 1.165) is 44.4 Å². The molecule has 0 bridgehead atoms. The zero-order valence-electron chi connectivity index (χ0n) is 27.9. The summed E-state index contributed by atoms with van der Waals surface area (Å²) < 4.78 is 12.5. The van der Waals surface area contributed by atoms with E-state index in [1.807, 2.05) is 74.5 Å². The van der Waals surface area contributed by atoms with Gasteiger partial charge in [0.25, 0.3) is 0 Å². The highest BCUT2D eigenvalue weighted by Crippen LogP contribution is 2.37. The first kappa shape index (κ1) is 32.1. The van der Waals surface area contributed by atoms with Crippen molar-refractivity contribution in [2.75, 3.05) is 0 Å². The molecule has 5 nitrogen and oxygen atoms in total. The number of aromatic nitrogens is 3. The highest BCUT2D eigenvalue weighted by Gasteiger charge is 2.51. The van der Waals surface area contributed by atoms with Crippen molar-refractivity contribution < 1.29 is 9.31 Å². The summed E-state index contributed by atoms with van der Waals surface area (Å²) in [5, 5.41) is 0. The molecule has 234 valence electrons. The van der Waals surface area contributed by atoms with Crippen molar-refractivity contribution >= 4 is 12.6 Å². The zero-order chi connectivity index (χ0) is 33.0. The van der Waals surface area contributed by atoms with Crippen LogP contribution in [0.1, 0.15) is 41.5 Å². The van der Waals surface area contributed by atoms with Crippen LogP contribution < -0.4 is 5.46 Å². The van der Waals surface area contributed by atoms with E-state index in [-0.39, 0.29) is 18.3 Å². The van der Waals surface area contributed by atoms with E-state index in [4.69, 9.17) is 24.3 Å². The zero-order valence-corrected chi connectivity index (χ0v) is 27.9. The van der Waals surface area contributed by atoms with Crippen molar-refractivity contribution in [3.05, 3.63) is 133 Å². The van der Waals surface area contributed by atoms with Crippen molar-refractivity contribution in [2.24, 2.45) is 0 Å². The summed E-state index contributed by atoms with van der Waals surface area (Å²) in [5.74, 6) is 1.94. The van der Waals surface area contributed by atoms with Gasteiger partial charge < -0.3 is 9.31 Å². The summed E-state index contributed by atoms with van der Waals surface area (Å²) in [5.41, 5.74) is 7.58. The van der Waals surface area contributed by atoms with Gasteiger partial charge in [-0.3, -0.25) is 0 Å². The summed E-state index contributed by atoms with van der Waals surface area (Å²) in [6.45, 7) is 12.3. The Kier molecular flexibility index (Phi) is 9.17. The summed E-state index contributed by atoms with van der Waals surface area (Å²) >= 11 is 0. The molecule has 0 aliphatic carbocycles. The number of nitrogens with zero attached hydrogens (tertiary/aromatic N) is 3. The predicted molar refractivity (Wildman–Crippen MR) is 194 cm³/mol. The van der Waals surface area contributed by atoms with Crippen LogP contribution in [0, 0.1) is 0 Å². The maximum Gasteiger partial charge on any atom is 0.494 e. The molecule has 0 N–H and O–H groups in total. The molecule has 0 saturated carbocycles. The fourth-order valence-corrected chi connectivity index (χ4v) is 5.47. The first-order chi connectivity index (χ1) is 22.8. The van der Waals surface area contributed by atoms with E-state index in [0.29, 0.717) is 17.5 Å². The molecule has 1 aliphatic heterocycles. The van der Waals surface area contributed by atoms with Crippen LogP contribution in [0.2, 0.25) is 0 Å². The fourth-order valence-electron chi connectivity index (χ4n) is 5.47. The molecule has 47 heavy (non-hydrogen) atoms. The second kappa shape index (κ2) is 13.4. The lowest BCUT2D eigenvalue weighted by atomic mass is 9.78. The van der Waals surface area contributed by atoms with Gasteiger partial charge in [-0.15, -0.1) is 0 Å². The first-order valence-electron chi connectivity index (χ1n) is 16.3. The van der Waals surface area contributed by atoms with Crippen molar-refractivity contribution in [1.29, 1.82) is 0 Å². The standard InChI is InChI=1S/C39H34BN3O2.C2H6/c1-38(2)39(3,4)45-40(44-38)34-23-21-27(22-24-34)30-17-11-18-31(25-30)32-19-12-20-33(26-32)37-42-35(28-13-7-5-8-14-28)41-36(43-37)29-15-9-6-10-16-29;1-2/h5-26H,1-4H3;1-2H3. The van der Waals surface area contributed by atoms with Gasteiger partial charge in [0, 0.05) is 16.7 Å². The number of benzene rings is 5. The lowest BCUT2D eigenvalue weighted by molar-refractivity contribution is 0.00578. The van der Waals surface area contributed by atoms with Crippen LogP contribution in [0.3, 0.4) is 0 Å². The monoisotopic (exact) mass is 617 g/mol. The number of hydrogen-bond acceptors (Lipinski definition) is 5. The van der Waals surface area contributed by atoms with E-state index >= 15 is 0 Å². The Morgan fingerprint density at radius 1 is 0.404 bits per heavy atom. The molecule has 0 radical (unpaired) electrons. The molecular weight excluding hydrogens is 577 g/mol. The van der Waals surface area contributed by atoms with Gasteiger partial charge in [-0.05, 0) is 67.5 Å². The van der Waals surface area contributed by atoms with E-state index in [2.05, 4.69) is 100 Å². The van der Waals surface area contributed by atoms with Crippen molar-refractivity contribution in [2.45, 2.75) is 52.7 Å². The molecule has 0 atom stereocenters. The molecular formula is C41H40BN3O2. The third-order valence-corrected chi connectivity index (χ3v) is 8.79. The smallest absolute Gasteiger partial charge is 0.399 e. The van der Waals surface area contributed by atoms with Gasteiger partial charge in [-0.2, -0.15) is 0 Å². The molecule has 1 fully saturated rings. The first-order valence-corrected chi connectivity index (χ1v) is 16.3. The topological polar surface area (TPSA) is 57.1 Å². The normalized spacial score (nSPS) is 14.7. The molecule has 1 aliphatic rings. The summed E-state index contributed by atoms with van der Waals surface area (Å²) in [6.07, 6.45) is 0. The van der Waals surface area contributed by atoms with Crippen LogP contribution in [-0.2, 0) is 9.31 Å². The summed E-state index contributed by atoms with van der Waals surface area (Å²) in [4.78, 5) is 14.7. The van der Waals surface area contributed by atoms with Gasteiger partial charge in [0.15, 0.2) is 17.5 Å². The maximum absolute atomic E-state index is 6.25. The van der Waals surface area contributed by atoms with Gasteiger partial charge >= 0.3 is 7.12 Å². The Bertz CT molecular complexity index is 1890. The minimum absolute atomic E-state index is 0.368. The van der Waals surface area contributed by atoms with E-state index < -0.39 is 0 Å². The average Bonchev–Trinajstić information content (AvgIpc) is 3.35. The van der Waals surface area contributed by atoms with Gasteiger partial charge in [0.1, 0.15) is 0 Å². The average molecular weight is 618 g/mol. The Hall–Kier alpha value is -4.91. The molecule has 6 aromatic rings. The molecule has 0 amide bonds. The molecule has 2 heterocycles. The van der Waals surface area contributed by atoms with Crippen LogP contribution in [0.25, 0.3) is 56.4 Å². The van der Waals surface area contributed by atoms with Crippen molar-refractivity contribution in [3.8, 4) is 56.4 Å². The Balaban J connectivity index is 0.00000190. The van der Waals surface area contributed by atoms with E-state index in [9.17, 15) is 0 Å². The molecule has 0 unspecified atom stereocenters. The molecule has 5 aromatic carbocycles. The molecule has 0 spiro atoms. The van der Waals surface area contributed by atoms with E-state index in [1.54, 1.807) is 0 Å². The minimum Gasteiger partial charge on any atom is -0.399 e. The summed E-state index contributed by atoms with van der Waals surface area (Å²) in [6, 6.07) is 45.6.